The number of benzene rings is 1. The molecule has 2 unspecified atom stereocenters. The number of carbonyl (C=O) groups is 1. The third-order valence-corrected chi connectivity index (χ3v) is 5.43. The number of nitrogens with zero attached hydrogens (tertiary/aromatic N) is 3. The minimum atomic E-state index is -0.00969. The van der Waals surface area contributed by atoms with Gasteiger partial charge >= 0.3 is 0 Å². The Hall–Kier alpha value is -1.55. The SMILES string of the molecule is COc1ccc(CCNC(=NCC(=O)N(C)C)NC2CN(C(C)C)CC2C)cc1.I. The van der Waals surface area contributed by atoms with E-state index in [0.717, 1.165) is 31.8 Å². The topological polar surface area (TPSA) is 69.2 Å². The van der Waals surface area contributed by atoms with E-state index < -0.39 is 0 Å². The fourth-order valence-corrected chi connectivity index (χ4v) is 3.35. The van der Waals surface area contributed by atoms with E-state index in [4.69, 9.17) is 4.74 Å². The first-order valence-corrected chi connectivity index (χ1v) is 10.4. The maximum atomic E-state index is 12.0. The highest BCUT2D eigenvalue weighted by Crippen LogP contribution is 2.18. The molecule has 0 aliphatic carbocycles. The molecule has 1 aromatic carbocycles. The lowest BCUT2D eigenvalue weighted by molar-refractivity contribution is -0.127. The summed E-state index contributed by atoms with van der Waals surface area (Å²) < 4.78 is 5.21. The molecule has 1 saturated heterocycles. The average molecular weight is 531 g/mol. The van der Waals surface area contributed by atoms with E-state index in [-0.39, 0.29) is 36.4 Å². The van der Waals surface area contributed by atoms with Crippen molar-refractivity contribution in [1.82, 2.24) is 20.4 Å². The molecule has 1 fully saturated rings. The Morgan fingerprint density at radius 1 is 1.27 bits per heavy atom. The Morgan fingerprint density at radius 2 is 1.93 bits per heavy atom. The highest BCUT2D eigenvalue weighted by atomic mass is 127. The van der Waals surface area contributed by atoms with Gasteiger partial charge in [0.1, 0.15) is 12.3 Å². The van der Waals surface area contributed by atoms with Crippen molar-refractivity contribution in [2.24, 2.45) is 10.9 Å². The number of hydrogen-bond donors (Lipinski definition) is 2. The monoisotopic (exact) mass is 531 g/mol. The van der Waals surface area contributed by atoms with Gasteiger partial charge in [-0.15, -0.1) is 24.0 Å². The molecule has 1 aliphatic rings. The molecular weight excluding hydrogens is 493 g/mol. The summed E-state index contributed by atoms with van der Waals surface area (Å²) in [6.07, 6.45) is 0.866. The van der Waals surface area contributed by atoms with E-state index in [1.807, 2.05) is 12.1 Å². The highest BCUT2D eigenvalue weighted by molar-refractivity contribution is 14.0. The van der Waals surface area contributed by atoms with Crippen molar-refractivity contribution in [1.29, 1.82) is 0 Å². The zero-order chi connectivity index (χ0) is 21.4. The number of likely N-dealkylation sites (tertiary alicyclic amines) is 1. The second kappa shape index (κ2) is 13.0. The van der Waals surface area contributed by atoms with Gasteiger partial charge in [-0.1, -0.05) is 19.1 Å². The van der Waals surface area contributed by atoms with Crippen LogP contribution in [0.15, 0.2) is 29.3 Å². The lowest BCUT2D eigenvalue weighted by Gasteiger charge is -2.22. The first-order valence-electron chi connectivity index (χ1n) is 10.4. The standard InChI is InChI=1S/C22H37N5O2.HI/c1-16(2)27-14-17(3)20(15-27)25-22(24-13-21(28)26(4)5)23-12-11-18-7-9-19(29-6)10-8-18;/h7-10,16-17,20H,11-15H2,1-6H3,(H2,23,24,25);1H. The van der Waals surface area contributed by atoms with Crippen molar-refractivity contribution in [3.63, 3.8) is 0 Å². The third-order valence-electron chi connectivity index (χ3n) is 5.43. The molecule has 2 N–H and O–H groups in total. The Bertz CT molecular complexity index is 679. The molecule has 1 amide bonds. The molecule has 1 aromatic rings. The number of amides is 1. The number of guanidine groups is 1. The summed E-state index contributed by atoms with van der Waals surface area (Å²) in [6, 6.07) is 8.93. The van der Waals surface area contributed by atoms with E-state index in [9.17, 15) is 4.79 Å². The Kier molecular flexibility index (Phi) is 11.5. The van der Waals surface area contributed by atoms with Gasteiger partial charge in [-0.2, -0.15) is 0 Å². The van der Waals surface area contributed by atoms with Crippen LogP contribution in [0.4, 0.5) is 0 Å². The van der Waals surface area contributed by atoms with Gasteiger partial charge < -0.3 is 20.3 Å². The van der Waals surface area contributed by atoms with Crippen molar-refractivity contribution in [3.8, 4) is 5.75 Å². The van der Waals surface area contributed by atoms with Crippen LogP contribution < -0.4 is 15.4 Å². The minimum absolute atomic E-state index is 0. The van der Waals surface area contributed by atoms with Crippen molar-refractivity contribution in [3.05, 3.63) is 29.8 Å². The third kappa shape index (κ3) is 8.29. The average Bonchev–Trinajstić information content (AvgIpc) is 3.06. The Balaban J connectivity index is 0.00000450. The molecule has 8 heteroatoms. The number of halogens is 1. The Labute approximate surface area is 198 Å². The van der Waals surface area contributed by atoms with Crippen LogP contribution in [0.5, 0.6) is 5.75 Å². The van der Waals surface area contributed by atoms with Crippen LogP contribution in [0.3, 0.4) is 0 Å². The predicted molar refractivity (Wildman–Crippen MR) is 134 cm³/mol. The van der Waals surface area contributed by atoms with Gasteiger partial charge in [0.25, 0.3) is 0 Å². The maximum absolute atomic E-state index is 12.0. The van der Waals surface area contributed by atoms with Gasteiger partial charge in [-0.25, -0.2) is 4.99 Å². The van der Waals surface area contributed by atoms with E-state index >= 15 is 0 Å². The van der Waals surface area contributed by atoms with Gasteiger partial charge in [0.2, 0.25) is 5.91 Å². The van der Waals surface area contributed by atoms with Crippen molar-refractivity contribution in [2.75, 3.05) is 47.4 Å². The Morgan fingerprint density at radius 3 is 2.47 bits per heavy atom. The molecule has 30 heavy (non-hydrogen) atoms. The molecule has 0 bridgehead atoms. The fourth-order valence-electron chi connectivity index (χ4n) is 3.35. The number of hydrogen-bond acceptors (Lipinski definition) is 4. The fraction of sp³-hybridized carbons (Fsp3) is 0.636. The first kappa shape index (κ1) is 26.5. The molecule has 0 aromatic heterocycles. The molecule has 170 valence electrons. The highest BCUT2D eigenvalue weighted by Gasteiger charge is 2.31. The lowest BCUT2D eigenvalue weighted by atomic mass is 10.1. The molecule has 0 spiro atoms. The smallest absolute Gasteiger partial charge is 0.243 e. The van der Waals surface area contributed by atoms with Gasteiger partial charge in [-0.05, 0) is 43.9 Å². The predicted octanol–water partition coefficient (Wildman–Crippen LogP) is 2.21. The van der Waals surface area contributed by atoms with E-state index in [1.54, 1.807) is 26.1 Å². The maximum Gasteiger partial charge on any atom is 0.243 e. The largest absolute Gasteiger partial charge is 0.497 e. The molecule has 0 saturated carbocycles. The molecule has 2 atom stereocenters. The van der Waals surface area contributed by atoms with Crippen LogP contribution in [-0.4, -0.2) is 81.1 Å². The molecule has 1 heterocycles. The number of aliphatic imine (C=N–C) groups is 1. The van der Waals surface area contributed by atoms with Gasteiger partial charge in [0, 0.05) is 45.8 Å². The van der Waals surface area contributed by atoms with Crippen LogP contribution >= 0.6 is 24.0 Å². The van der Waals surface area contributed by atoms with Crippen LogP contribution in [0.25, 0.3) is 0 Å². The normalized spacial score (nSPS) is 19.4. The van der Waals surface area contributed by atoms with Gasteiger partial charge in [0.15, 0.2) is 5.96 Å². The lowest BCUT2D eigenvalue weighted by Crippen LogP contribution is -2.47. The summed E-state index contributed by atoms with van der Waals surface area (Å²) in [4.78, 5) is 20.6. The van der Waals surface area contributed by atoms with Crippen LogP contribution in [0.2, 0.25) is 0 Å². The summed E-state index contributed by atoms with van der Waals surface area (Å²) in [5.74, 6) is 2.08. The summed E-state index contributed by atoms with van der Waals surface area (Å²) >= 11 is 0. The zero-order valence-corrected chi connectivity index (χ0v) is 21.5. The number of nitrogens with one attached hydrogen (secondary N) is 2. The van der Waals surface area contributed by atoms with Crippen molar-refractivity contribution >= 4 is 35.8 Å². The summed E-state index contributed by atoms with van der Waals surface area (Å²) in [5.41, 5.74) is 1.22. The quantitative estimate of drug-likeness (QED) is 0.306. The summed E-state index contributed by atoms with van der Waals surface area (Å²) in [5, 5.41) is 6.96. The van der Waals surface area contributed by atoms with Crippen molar-refractivity contribution in [2.45, 2.75) is 39.3 Å². The number of likely N-dealkylation sites (N-methyl/N-ethyl adjacent to an activating group) is 1. The summed E-state index contributed by atoms with van der Waals surface area (Å²) in [7, 11) is 5.17. The van der Waals surface area contributed by atoms with Crippen LogP contribution in [0, 0.1) is 5.92 Å². The molecule has 1 aliphatic heterocycles. The number of ether oxygens (including phenoxy) is 1. The van der Waals surface area contributed by atoms with E-state index in [1.165, 1.54) is 5.56 Å². The van der Waals surface area contributed by atoms with Crippen LogP contribution in [0.1, 0.15) is 26.3 Å². The molecule has 2 rings (SSSR count). The zero-order valence-electron chi connectivity index (χ0n) is 19.1. The summed E-state index contributed by atoms with van der Waals surface area (Å²) in [6.45, 7) is 9.66. The van der Waals surface area contributed by atoms with Crippen LogP contribution in [-0.2, 0) is 11.2 Å². The van der Waals surface area contributed by atoms with E-state index in [0.29, 0.717) is 24.0 Å². The minimum Gasteiger partial charge on any atom is -0.497 e. The molecular formula is C22H38IN5O2. The number of carbonyl (C=O) groups excluding carboxylic acids is 1. The van der Waals surface area contributed by atoms with Crippen molar-refractivity contribution < 1.29 is 9.53 Å². The van der Waals surface area contributed by atoms with E-state index in [2.05, 4.69) is 53.4 Å². The second-order valence-corrected chi connectivity index (χ2v) is 8.25. The number of methoxy groups -OCH3 is 1. The second-order valence-electron chi connectivity index (χ2n) is 8.25. The number of rotatable bonds is 8. The molecule has 7 nitrogen and oxygen atoms in total. The first-order chi connectivity index (χ1) is 13.8. The van der Waals surface area contributed by atoms with Gasteiger partial charge in [0.05, 0.1) is 7.11 Å². The molecule has 0 radical (unpaired) electrons. The van der Waals surface area contributed by atoms with Gasteiger partial charge in [-0.3, -0.25) is 9.69 Å².